The van der Waals surface area contributed by atoms with Crippen molar-refractivity contribution in [1.29, 1.82) is 0 Å². The summed E-state index contributed by atoms with van der Waals surface area (Å²) in [6.07, 6.45) is 0.804. The zero-order chi connectivity index (χ0) is 18.0. The van der Waals surface area contributed by atoms with E-state index in [-0.39, 0.29) is 17.9 Å². The number of aryl methyl sites for hydroxylation is 2. The number of carbonyl (C=O) groups is 1. The van der Waals surface area contributed by atoms with Crippen LogP contribution in [0, 0.1) is 13.8 Å². The Bertz CT molecular complexity index is 974. The van der Waals surface area contributed by atoms with E-state index >= 15 is 0 Å². The summed E-state index contributed by atoms with van der Waals surface area (Å²) < 4.78 is 6.37. The zero-order valence-corrected chi connectivity index (χ0v) is 15.4. The second-order valence-corrected chi connectivity index (χ2v) is 7.10. The molecule has 0 atom stereocenters. The normalized spacial score (nSPS) is 11.0. The van der Waals surface area contributed by atoms with Crippen molar-refractivity contribution in [2.75, 3.05) is 7.11 Å². The molecular weight excluding hydrogens is 336 g/mol. The average molecular weight is 356 g/mol. The highest BCUT2D eigenvalue weighted by molar-refractivity contribution is 7.18. The molecule has 0 saturated heterocycles. The second-order valence-electron chi connectivity index (χ2n) is 5.90. The van der Waals surface area contributed by atoms with Gasteiger partial charge in [-0.2, -0.15) is 0 Å². The minimum Gasteiger partial charge on any atom is -0.469 e. The molecule has 0 spiro atoms. The van der Waals surface area contributed by atoms with E-state index in [1.165, 1.54) is 7.11 Å². The number of hydrogen-bond donors (Lipinski definition) is 0. The number of hydrogen-bond acceptors (Lipinski definition) is 5. The molecule has 130 valence electrons. The van der Waals surface area contributed by atoms with Gasteiger partial charge in [0.05, 0.1) is 12.5 Å². The Morgan fingerprint density at radius 3 is 2.64 bits per heavy atom. The molecule has 0 radical (unpaired) electrons. The molecule has 1 aromatic carbocycles. The number of aromatic nitrogens is 2. The number of nitrogens with zero attached hydrogens (tertiary/aromatic N) is 2. The summed E-state index contributed by atoms with van der Waals surface area (Å²) in [7, 11) is 1.37. The van der Waals surface area contributed by atoms with Crippen molar-refractivity contribution < 1.29 is 9.53 Å². The van der Waals surface area contributed by atoms with Gasteiger partial charge in [0.15, 0.2) is 0 Å². The summed E-state index contributed by atoms with van der Waals surface area (Å²) in [6, 6.07) is 9.67. The topological polar surface area (TPSA) is 61.2 Å². The smallest absolute Gasteiger partial charge is 0.305 e. The third kappa shape index (κ3) is 3.35. The first-order valence-corrected chi connectivity index (χ1v) is 8.97. The van der Waals surface area contributed by atoms with Crippen molar-refractivity contribution in [3.8, 4) is 11.4 Å². The molecular formula is C19H20N2O3S. The van der Waals surface area contributed by atoms with Crippen molar-refractivity contribution in [3.63, 3.8) is 0 Å². The minimum absolute atomic E-state index is 0.0458. The molecule has 0 bridgehead atoms. The van der Waals surface area contributed by atoms with Gasteiger partial charge in [-0.3, -0.25) is 14.2 Å². The second kappa shape index (κ2) is 7.19. The molecule has 3 rings (SSSR count). The third-order valence-corrected chi connectivity index (χ3v) is 5.41. The highest BCUT2D eigenvalue weighted by Crippen LogP contribution is 2.28. The molecule has 6 heteroatoms. The van der Waals surface area contributed by atoms with E-state index in [4.69, 9.17) is 4.98 Å². The highest BCUT2D eigenvalue weighted by atomic mass is 32.1. The van der Waals surface area contributed by atoms with Crippen molar-refractivity contribution in [1.82, 2.24) is 9.55 Å². The van der Waals surface area contributed by atoms with Gasteiger partial charge in [0.25, 0.3) is 5.56 Å². The minimum atomic E-state index is -0.272. The fourth-order valence-electron chi connectivity index (χ4n) is 2.83. The Morgan fingerprint density at radius 1 is 1.24 bits per heavy atom. The molecule has 2 heterocycles. The molecule has 0 fully saturated rings. The molecule has 0 N–H and O–H groups in total. The van der Waals surface area contributed by atoms with Gasteiger partial charge in [-0.05, 0) is 25.8 Å². The van der Waals surface area contributed by atoms with Crippen LogP contribution in [0.4, 0.5) is 0 Å². The SMILES string of the molecule is COC(=O)CCCn1c(-c2ccccc2)nc2sc(C)c(C)c2c1=O. The predicted octanol–water partition coefficient (Wildman–Crippen LogP) is 3.70. The molecule has 3 aromatic rings. The number of rotatable bonds is 5. The van der Waals surface area contributed by atoms with Gasteiger partial charge < -0.3 is 4.74 Å². The van der Waals surface area contributed by atoms with Gasteiger partial charge in [-0.15, -0.1) is 11.3 Å². The van der Waals surface area contributed by atoms with E-state index in [9.17, 15) is 9.59 Å². The largest absolute Gasteiger partial charge is 0.469 e. The first-order valence-electron chi connectivity index (χ1n) is 8.15. The molecule has 2 aromatic heterocycles. The van der Waals surface area contributed by atoms with Crippen molar-refractivity contribution in [3.05, 3.63) is 51.1 Å². The quantitative estimate of drug-likeness (QED) is 0.654. The van der Waals surface area contributed by atoms with Crippen molar-refractivity contribution in [2.24, 2.45) is 0 Å². The van der Waals surface area contributed by atoms with Gasteiger partial charge in [-0.25, -0.2) is 4.98 Å². The molecule has 25 heavy (non-hydrogen) atoms. The van der Waals surface area contributed by atoms with Crippen LogP contribution >= 0.6 is 11.3 Å². The predicted molar refractivity (Wildman–Crippen MR) is 100 cm³/mol. The van der Waals surface area contributed by atoms with Crippen LogP contribution in [-0.4, -0.2) is 22.6 Å². The van der Waals surface area contributed by atoms with Crippen LogP contribution in [0.25, 0.3) is 21.6 Å². The zero-order valence-electron chi connectivity index (χ0n) is 14.5. The molecule has 5 nitrogen and oxygen atoms in total. The Balaban J connectivity index is 2.13. The summed E-state index contributed by atoms with van der Waals surface area (Å²) in [4.78, 5) is 31.1. The Labute approximate surface area is 149 Å². The van der Waals surface area contributed by atoms with Crippen LogP contribution < -0.4 is 5.56 Å². The van der Waals surface area contributed by atoms with Crippen LogP contribution in [0.5, 0.6) is 0 Å². The van der Waals surface area contributed by atoms with Gasteiger partial charge in [0.2, 0.25) is 0 Å². The third-order valence-electron chi connectivity index (χ3n) is 4.31. The first kappa shape index (κ1) is 17.4. The molecule has 0 aliphatic heterocycles. The summed E-state index contributed by atoms with van der Waals surface area (Å²) in [6.45, 7) is 4.39. The Morgan fingerprint density at radius 2 is 1.96 bits per heavy atom. The maximum Gasteiger partial charge on any atom is 0.305 e. The molecule has 0 amide bonds. The number of methoxy groups -OCH3 is 1. The van der Waals surface area contributed by atoms with Crippen molar-refractivity contribution in [2.45, 2.75) is 33.2 Å². The first-order chi connectivity index (χ1) is 12.0. The number of esters is 1. The summed E-state index contributed by atoms with van der Waals surface area (Å²) in [5.74, 6) is 0.370. The van der Waals surface area contributed by atoms with E-state index in [0.717, 1.165) is 20.8 Å². The van der Waals surface area contributed by atoms with Gasteiger partial charge in [0, 0.05) is 23.4 Å². The van der Waals surface area contributed by atoms with Crippen LogP contribution in [0.1, 0.15) is 23.3 Å². The van der Waals surface area contributed by atoms with E-state index in [0.29, 0.717) is 24.2 Å². The van der Waals surface area contributed by atoms with Crippen molar-refractivity contribution >= 4 is 27.5 Å². The maximum absolute atomic E-state index is 13.1. The van der Waals surface area contributed by atoms with E-state index in [1.807, 2.05) is 44.2 Å². The maximum atomic E-state index is 13.1. The Kier molecular flexibility index (Phi) is 4.99. The number of ether oxygens (including phenoxy) is 1. The van der Waals surface area contributed by atoms with Gasteiger partial charge in [0.1, 0.15) is 10.7 Å². The summed E-state index contributed by atoms with van der Waals surface area (Å²) in [5, 5.41) is 0.681. The van der Waals surface area contributed by atoms with Crippen LogP contribution in [0.15, 0.2) is 35.1 Å². The Hall–Kier alpha value is -2.47. The van der Waals surface area contributed by atoms with Crippen LogP contribution in [0.2, 0.25) is 0 Å². The van der Waals surface area contributed by atoms with Gasteiger partial charge >= 0.3 is 5.97 Å². The lowest BCUT2D eigenvalue weighted by atomic mass is 10.1. The molecule has 0 saturated carbocycles. The lowest BCUT2D eigenvalue weighted by Gasteiger charge is -2.12. The lowest BCUT2D eigenvalue weighted by molar-refractivity contribution is -0.140. The molecule has 0 unspecified atom stereocenters. The number of carbonyl (C=O) groups excluding carboxylic acids is 1. The number of thiophene rings is 1. The summed E-state index contributed by atoms with van der Waals surface area (Å²) in [5.41, 5.74) is 1.83. The van der Waals surface area contributed by atoms with E-state index < -0.39 is 0 Å². The molecule has 0 aliphatic rings. The fourth-order valence-corrected chi connectivity index (χ4v) is 3.85. The van der Waals surface area contributed by atoms with E-state index in [2.05, 4.69) is 4.74 Å². The van der Waals surface area contributed by atoms with E-state index in [1.54, 1.807) is 15.9 Å². The standard InChI is InChI=1S/C19H20N2O3S/c1-12-13(2)25-18-16(12)19(23)21(11-7-10-15(22)24-3)17(20-18)14-8-5-4-6-9-14/h4-6,8-9H,7,10-11H2,1-3H3. The monoisotopic (exact) mass is 356 g/mol. The number of fused-ring (bicyclic) bond motifs is 1. The average Bonchev–Trinajstić information content (AvgIpc) is 2.91. The highest BCUT2D eigenvalue weighted by Gasteiger charge is 2.17. The lowest BCUT2D eigenvalue weighted by Crippen LogP contribution is -2.24. The summed E-state index contributed by atoms with van der Waals surface area (Å²) >= 11 is 1.54. The fraction of sp³-hybridized carbons (Fsp3) is 0.316. The van der Waals surface area contributed by atoms with Gasteiger partial charge in [-0.1, -0.05) is 30.3 Å². The van der Waals surface area contributed by atoms with Crippen LogP contribution in [-0.2, 0) is 16.1 Å². The number of benzene rings is 1. The molecule has 0 aliphatic carbocycles. The van der Waals surface area contributed by atoms with Crippen LogP contribution in [0.3, 0.4) is 0 Å².